The van der Waals surface area contributed by atoms with Gasteiger partial charge in [-0.05, 0) is 0 Å². The van der Waals surface area contributed by atoms with Crippen LogP contribution in [0.25, 0.3) is 0 Å². The Balaban J connectivity index is 2.14. The molecule has 0 aliphatic carbocycles. The summed E-state index contributed by atoms with van der Waals surface area (Å²) in [6, 6.07) is 0. The SMILES string of the molecule is CN1C(=S)N2CCCN3C(=S)N(C)[Se]1=C23. The molecule has 0 spiro atoms. The van der Waals surface area contributed by atoms with E-state index >= 15 is 0 Å². The van der Waals surface area contributed by atoms with Gasteiger partial charge in [0.25, 0.3) is 0 Å². The van der Waals surface area contributed by atoms with E-state index in [1.165, 1.54) is 4.67 Å². The Morgan fingerprint density at radius 3 is 1.93 bits per heavy atom. The fourth-order valence-electron chi connectivity index (χ4n) is 2.19. The van der Waals surface area contributed by atoms with E-state index in [1.54, 1.807) is 0 Å². The van der Waals surface area contributed by atoms with E-state index < -0.39 is 13.9 Å². The fourth-order valence-corrected chi connectivity index (χ4v) is 7.95. The molecule has 0 bridgehead atoms. The van der Waals surface area contributed by atoms with Crippen molar-refractivity contribution in [1.82, 2.24) is 17.6 Å². The van der Waals surface area contributed by atoms with Crippen LogP contribution in [0.15, 0.2) is 0 Å². The van der Waals surface area contributed by atoms with Crippen molar-refractivity contribution in [2.45, 2.75) is 6.42 Å². The molecule has 0 saturated carbocycles. The van der Waals surface area contributed by atoms with Gasteiger partial charge in [-0.1, -0.05) is 0 Å². The average Bonchev–Trinajstić information content (AvgIpc) is 2.64. The van der Waals surface area contributed by atoms with Crippen molar-refractivity contribution in [3.05, 3.63) is 0 Å². The third kappa shape index (κ3) is 1.09. The Morgan fingerprint density at radius 1 is 1.00 bits per heavy atom. The quantitative estimate of drug-likeness (QED) is 0.443. The summed E-state index contributed by atoms with van der Waals surface area (Å²) >= 11 is 9.80. The first-order valence-electron chi connectivity index (χ1n) is 4.85. The van der Waals surface area contributed by atoms with Gasteiger partial charge in [0.05, 0.1) is 0 Å². The van der Waals surface area contributed by atoms with Gasteiger partial charge in [-0.3, -0.25) is 0 Å². The summed E-state index contributed by atoms with van der Waals surface area (Å²) in [6.07, 6.45) is 1.14. The van der Waals surface area contributed by atoms with E-state index in [9.17, 15) is 0 Å². The maximum absolute atomic E-state index is 5.46. The Hall–Kier alpha value is -0.231. The van der Waals surface area contributed by atoms with Crippen LogP contribution in [0.4, 0.5) is 0 Å². The van der Waals surface area contributed by atoms with Crippen molar-refractivity contribution in [1.29, 1.82) is 0 Å². The van der Waals surface area contributed by atoms with E-state index in [-0.39, 0.29) is 0 Å². The van der Waals surface area contributed by atoms with Gasteiger partial charge in [-0.25, -0.2) is 0 Å². The Bertz CT molecular complexity index is 373. The molecule has 4 nitrogen and oxygen atoms in total. The monoisotopic (exact) mass is 308 g/mol. The molecule has 0 aromatic rings. The molecule has 82 valence electrons. The van der Waals surface area contributed by atoms with Gasteiger partial charge in [0, 0.05) is 0 Å². The van der Waals surface area contributed by atoms with Crippen molar-refractivity contribution in [3.8, 4) is 0 Å². The van der Waals surface area contributed by atoms with Gasteiger partial charge in [-0.15, -0.1) is 0 Å². The first-order valence-corrected chi connectivity index (χ1v) is 8.05. The molecule has 3 aliphatic rings. The second-order valence-electron chi connectivity index (χ2n) is 3.76. The molecule has 3 aliphatic heterocycles. The standard InChI is InChI=1S/C8H12N4S2Se/c1-9-6(13)11-4-3-5-12-7(14)10(2)15(9)8(11)12/h3-5H2,1-2H3. The van der Waals surface area contributed by atoms with E-state index in [0.717, 1.165) is 29.7 Å². The van der Waals surface area contributed by atoms with E-state index in [4.69, 9.17) is 24.4 Å². The predicted octanol–water partition coefficient (Wildman–Crippen LogP) is -0.388. The van der Waals surface area contributed by atoms with Crippen LogP contribution in [0.3, 0.4) is 0 Å². The van der Waals surface area contributed by atoms with E-state index in [2.05, 4.69) is 31.7 Å². The maximum atomic E-state index is 5.46. The summed E-state index contributed by atoms with van der Waals surface area (Å²) in [4.78, 5) is 4.55. The van der Waals surface area contributed by atoms with Crippen LogP contribution in [-0.4, -0.2) is 73.6 Å². The normalized spacial score (nSPS) is 25.9. The average molecular weight is 307 g/mol. The molecule has 0 aromatic heterocycles. The minimum absolute atomic E-state index is 0.981. The Morgan fingerprint density at radius 2 is 1.47 bits per heavy atom. The molecule has 7 heteroatoms. The number of rotatable bonds is 0. The summed E-state index contributed by atoms with van der Waals surface area (Å²) in [5, 5.41) is 1.96. The van der Waals surface area contributed by atoms with Gasteiger partial charge in [0.1, 0.15) is 0 Å². The van der Waals surface area contributed by atoms with Crippen LogP contribution in [0.2, 0.25) is 0 Å². The van der Waals surface area contributed by atoms with Crippen molar-refractivity contribution in [2.24, 2.45) is 0 Å². The van der Waals surface area contributed by atoms with E-state index in [0.29, 0.717) is 0 Å². The molecular weight excluding hydrogens is 295 g/mol. The first-order chi connectivity index (χ1) is 7.13. The third-order valence-corrected chi connectivity index (χ3v) is 8.93. The second kappa shape index (κ2) is 3.13. The summed E-state index contributed by atoms with van der Waals surface area (Å²) in [5.74, 6) is 0. The second-order valence-corrected chi connectivity index (χ2v) is 8.67. The zero-order valence-electron chi connectivity index (χ0n) is 8.63. The van der Waals surface area contributed by atoms with Crippen molar-refractivity contribution in [3.63, 3.8) is 0 Å². The number of thiocarbonyl (C=S) groups is 2. The topological polar surface area (TPSA) is 13.0 Å². The van der Waals surface area contributed by atoms with Crippen LogP contribution >= 0.6 is 24.4 Å². The van der Waals surface area contributed by atoms with Gasteiger partial charge in [-0.2, -0.15) is 0 Å². The summed E-state index contributed by atoms with van der Waals surface area (Å²) < 4.78 is 5.89. The Kier molecular flexibility index (Phi) is 2.08. The number of hydrogen-bond donors (Lipinski definition) is 0. The van der Waals surface area contributed by atoms with Crippen molar-refractivity contribution < 1.29 is 0 Å². The van der Waals surface area contributed by atoms with Gasteiger partial charge >= 0.3 is 104 Å². The molecular formula is C8H12N4S2Se. The van der Waals surface area contributed by atoms with Gasteiger partial charge in [0.2, 0.25) is 0 Å². The molecule has 0 radical (unpaired) electrons. The molecule has 1 saturated heterocycles. The van der Waals surface area contributed by atoms with Gasteiger partial charge < -0.3 is 0 Å². The zero-order valence-corrected chi connectivity index (χ0v) is 12.0. The van der Waals surface area contributed by atoms with Crippen LogP contribution in [0, 0.1) is 0 Å². The van der Waals surface area contributed by atoms with Crippen LogP contribution in [0.5, 0.6) is 0 Å². The minimum atomic E-state index is -1.13. The first kappa shape index (κ1) is 9.96. The summed E-state index contributed by atoms with van der Waals surface area (Å²) in [5.41, 5.74) is 0. The summed E-state index contributed by atoms with van der Waals surface area (Å²) in [6.45, 7) is 2.12. The fraction of sp³-hybridized carbons (Fsp3) is 0.625. The molecule has 0 atom stereocenters. The third-order valence-electron chi connectivity index (χ3n) is 2.91. The Labute approximate surface area is 104 Å². The molecule has 15 heavy (non-hydrogen) atoms. The van der Waals surface area contributed by atoms with Crippen molar-refractivity contribution in [2.75, 3.05) is 27.2 Å². The molecule has 0 aromatic carbocycles. The van der Waals surface area contributed by atoms with Crippen LogP contribution in [-0.2, 0) is 0 Å². The molecule has 1 fully saturated rings. The molecule has 3 rings (SSSR count). The molecule has 3 heterocycles. The number of hydrogen-bond acceptors (Lipinski definition) is 2. The van der Waals surface area contributed by atoms with Crippen LogP contribution < -0.4 is 0 Å². The molecule has 0 amide bonds. The molecule has 0 unspecified atom stereocenters. The van der Waals surface area contributed by atoms with Crippen LogP contribution in [0.1, 0.15) is 6.42 Å². The van der Waals surface area contributed by atoms with E-state index in [1.807, 2.05) is 0 Å². The van der Waals surface area contributed by atoms with Gasteiger partial charge in [0.15, 0.2) is 0 Å². The van der Waals surface area contributed by atoms with Crippen molar-refractivity contribution >= 4 is 53.2 Å². The summed E-state index contributed by atoms with van der Waals surface area (Å²) in [7, 11) is 4.20. The molecule has 0 N–H and O–H groups in total. The number of nitrogens with zero attached hydrogens (tertiary/aromatic N) is 4. The predicted molar refractivity (Wildman–Crippen MR) is 69.5 cm³/mol. The zero-order chi connectivity index (χ0) is 10.7.